The summed E-state index contributed by atoms with van der Waals surface area (Å²) in [6, 6.07) is 8.98. The van der Waals surface area contributed by atoms with Gasteiger partial charge in [0.1, 0.15) is 0 Å². The largest absolute Gasteiger partial charge is 0.493 e. The number of carbonyl (C=O) groups excluding carboxylic acids is 2. The van der Waals surface area contributed by atoms with Gasteiger partial charge in [-0.05, 0) is 49.1 Å². The fraction of sp³-hybridized carbons (Fsp3) is 0.417. The van der Waals surface area contributed by atoms with Crippen molar-refractivity contribution in [3.63, 3.8) is 0 Å². The van der Waals surface area contributed by atoms with Gasteiger partial charge in [0, 0.05) is 29.4 Å². The summed E-state index contributed by atoms with van der Waals surface area (Å²) in [7, 11) is 4.54. The van der Waals surface area contributed by atoms with Gasteiger partial charge in [-0.3, -0.25) is 9.59 Å². The molecule has 7 nitrogen and oxygen atoms in total. The fourth-order valence-electron chi connectivity index (χ4n) is 4.49. The monoisotopic (exact) mass is 424 g/mol. The quantitative estimate of drug-likeness (QED) is 0.757. The second kappa shape index (κ2) is 8.88. The summed E-state index contributed by atoms with van der Waals surface area (Å²) in [5, 5.41) is 2.93. The molecule has 1 saturated carbocycles. The topological polar surface area (TPSA) is 77.1 Å². The first-order chi connectivity index (χ1) is 15.0. The minimum atomic E-state index is -0.300. The number of nitrogens with one attached hydrogen (secondary N) is 1. The number of benzene rings is 2. The maximum Gasteiger partial charge on any atom is 0.255 e. The molecule has 2 aliphatic rings. The van der Waals surface area contributed by atoms with Crippen LogP contribution in [0.2, 0.25) is 0 Å². The molecule has 0 radical (unpaired) electrons. The van der Waals surface area contributed by atoms with Gasteiger partial charge in [-0.25, -0.2) is 0 Å². The molecule has 0 aromatic heterocycles. The third-order valence-corrected chi connectivity index (χ3v) is 6.14. The Kier molecular flexibility index (Phi) is 6.02. The molecule has 164 valence electrons. The van der Waals surface area contributed by atoms with Crippen LogP contribution in [0.25, 0.3) is 0 Å². The second-order valence-electron chi connectivity index (χ2n) is 7.93. The molecule has 0 atom stereocenters. The summed E-state index contributed by atoms with van der Waals surface area (Å²) >= 11 is 0. The van der Waals surface area contributed by atoms with Crippen molar-refractivity contribution in [1.29, 1.82) is 0 Å². The zero-order valence-electron chi connectivity index (χ0n) is 18.2. The van der Waals surface area contributed by atoms with Crippen LogP contribution >= 0.6 is 0 Å². The van der Waals surface area contributed by atoms with Gasteiger partial charge in [0.25, 0.3) is 5.91 Å². The van der Waals surface area contributed by atoms with Crippen LogP contribution in [-0.2, 0) is 11.2 Å². The van der Waals surface area contributed by atoms with E-state index in [4.69, 9.17) is 14.2 Å². The average Bonchev–Trinajstić information content (AvgIpc) is 3.47. The van der Waals surface area contributed by atoms with Crippen molar-refractivity contribution in [2.75, 3.05) is 38.1 Å². The minimum absolute atomic E-state index is 0.128. The van der Waals surface area contributed by atoms with Gasteiger partial charge in [0.15, 0.2) is 11.5 Å². The van der Waals surface area contributed by atoms with Gasteiger partial charge in [0.2, 0.25) is 11.7 Å². The maximum atomic E-state index is 13.0. The zero-order chi connectivity index (χ0) is 22.0. The summed E-state index contributed by atoms with van der Waals surface area (Å²) in [6.07, 6.45) is 5.04. The molecule has 1 heterocycles. The Balaban J connectivity index is 1.56. The Labute approximate surface area is 182 Å². The first-order valence-electron chi connectivity index (χ1n) is 10.6. The molecule has 0 spiro atoms. The first-order valence-corrected chi connectivity index (χ1v) is 10.6. The van der Waals surface area contributed by atoms with Gasteiger partial charge in [-0.1, -0.05) is 18.9 Å². The van der Waals surface area contributed by atoms with Crippen molar-refractivity contribution in [3.05, 3.63) is 41.5 Å². The molecule has 0 bridgehead atoms. The van der Waals surface area contributed by atoms with E-state index in [1.807, 2.05) is 23.1 Å². The summed E-state index contributed by atoms with van der Waals surface area (Å²) in [5.74, 6) is 1.29. The highest BCUT2D eigenvalue weighted by atomic mass is 16.5. The number of ether oxygens (including phenoxy) is 3. The molecule has 1 fully saturated rings. The third-order valence-electron chi connectivity index (χ3n) is 6.14. The molecule has 4 rings (SSSR count). The van der Waals surface area contributed by atoms with E-state index in [9.17, 15) is 9.59 Å². The van der Waals surface area contributed by atoms with E-state index in [-0.39, 0.29) is 17.7 Å². The number of carbonyl (C=O) groups is 2. The van der Waals surface area contributed by atoms with Gasteiger partial charge >= 0.3 is 0 Å². The predicted molar refractivity (Wildman–Crippen MR) is 119 cm³/mol. The molecule has 2 aromatic rings. The van der Waals surface area contributed by atoms with Crippen LogP contribution in [0.15, 0.2) is 30.3 Å². The van der Waals surface area contributed by atoms with E-state index in [0.717, 1.165) is 43.4 Å². The Morgan fingerprint density at radius 3 is 2.26 bits per heavy atom. The summed E-state index contributed by atoms with van der Waals surface area (Å²) in [6.45, 7) is 0.703. The highest BCUT2D eigenvalue weighted by Crippen LogP contribution is 2.39. The lowest BCUT2D eigenvalue weighted by molar-refractivity contribution is -0.122. The lowest BCUT2D eigenvalue weighted by Gasteiger charge is -2.21. The van der Waals surface area contributed by atoms with Crippen molar-refractivity contribution in [1.82, 2.24) is 0 Å². The summed E-state index contributed by atoms with van der Waals surface area (Å²) in [4.78, 5) is 27.8. The molecule has 1 aliphatic carbocycles. The number of amides is 2. The Morgan fingerprint density at radius 1 is 0.968 bits per heavy atom. The van der Waals surface area contributed by atoms with Gasteiger partial charge < -0.3 is 24.4 Å². The Hall–Kier alpha value is -3.22. The Bertz CT molecular complexity index is 972. The molecule has 1 aliphatic heterocycles. The van der Waals surface area contributed by atoms with E-state index in [1.54, 1.807) is 12.1 Å². The van der Waals surface area contributed by atoms with Crippen molar-refractivity contribution in [2.24, 2.45) is 5.92 Å². The predicted octanol–water partition coefficient (Wildman–Crippen LogP) is 4.04. The SMILES string of the molecule is COc1cc(C(=O)Nc2ccc3c(c2)N(C(=O)C2CCCC2)CC3)cc(OC)c1OC. The van der Waals surface area contributed by atoms with Crippen molar-refractivity contribution >= 4 is 23.2 Å². The summed E-state index contributed by atoms with van der Waals surface area (Å²) < 4.78 is 16.0. The van der Waals surface area contributed by atoms with Crippen LogP contribution in [-0.4, -0.2) is 39.7 Å². The van der Waals surface area contributed by atoms with Crippen LogP contribution in [0.5, 0.6) is 17.2 Å². The van der Waals surface area contributed by atoms with Crippen LogP contribution in [0.1, 0.15) is 41.6 Å². The van der Waals surface area contributed by atoms with Crippen LogP contribution in [0, 0.1) is 5.92 Å². The molecule has 31 heavy (non-hydrogen) atoms. The lowest BCUT2D eigenvalue weighted by atomic mass is 10.1. The third kappa shape index (κ3) is 4.04. The molecule has 1 N–H and O–H groups in total. The van der Waals surface area contributed by atoms with E-state index in [2.05, 4.69) is 5.32 Å². The number of anilines is 2. The van der Waals surface area contributed by atoms with Crippen LogP contribution in [0.3, 0.4) is 0 Å². The highest BCUT2D eigenvalue weighted by Gasteiger charge is 2.32. The number of hydrogen-bond acceptors (Lipinski definition) is 5. The standard InChI is InChI=1S/C24H28N2O5/c1-29-20-12-17(13-21(30-2)22(20)31-3)23(27)25-18-9-8-15-10-11-26(19(15)14-18)24(28)16-6-4-5-7-16/h8-9,12-14,16H,4-7,10-11H2,1-3H3,(H,25,27). The van der Waals surface area contributed by atoms with E-state index in [1.165, 1.54) is 21.3 Å². The van der Waals surface area contributed by atoms with Crippen LogP contribution < -0.4 is 24.4 Å². The minimum Gasteiger partial charge on any atom is -0.493 e. The van der Waals surface area contributed by atoms with Crippen LogP contribution in [0.4, 0.5) is 11.4 Å². The zero-order valence-corrected chi connectivity index (χ0v) is 18.2. The first kappa shape index (κ1) is 21.0. The Morgan fingerprint density at radius 2 is 1.65 bits per heavy atom. The van der Waals surface area contributed by atoms with Crippen molar-refractivity contribution in [2.45, 2.75) is 32.1 Å². The normalized spacial score (nSPS) is 15.5. The van der Waals surface area contributed by atoms with Gasteiger partial charge in [-0.15, -0.1) is 0 Å². The lowest BCUT2D eigenvalue weighted by Crippen LogP contribution is -2.33. The fourth-order valence-corrected chi connectivity index (χ4v) is 4.49. The van der Waals surface area contributed by atoms with Gasteiger partial charge in [0.05, 0.1) is 21.3 Å². The van der Waals surface area contributed by atoms with Crippen molar-refractivity contribution in [3.8, 4) is 17.2 Å². The molecule has 2 aromatic carbocycles. The molecular weight excluding hydrogens is 396 g/mol. The number of hydrogen-bond donors (Lipinski definition) is 1. The molecule has 2 amide bonds. The van der Waals surface area contributed by atoms with E-state index < -0.39 is 0 Å². The second-order valence-corrected chi connectivity index (χ2v) is 7.93. The molecule has 0 saturated heterocycles. The maximum absolute atomic E-state index is 13.0. The molecule has 0 unspecified atom stereocenters. The number of fused-ring (bicyclic) bond motifs is 1. The number of nitrogens with zero attached hydrogens (tertiary/aromatic N) is 1. The average molecular weight is 424 g/mol. The molecule has 7 heteroatoms. The van der Waals surface area contributed by atoms with E-state index in [0.29, 0.717) is 35.0 Å². The van der Waals surface area contributed by atoms with Crippen molar-refractivity contribution < 1.29 is 23.8 Å². The summed E-state index contributed by atoms with van der Waals surface area (Å²) in [5.41, 5.74) is 3.06. The number of methoxy groups -OCH3 is 3. The van der Waals surface area contributed by atoms with E-state index >= 15 is 0 Å². The van der Waals surface area contributed by atoms with Gasteiger partial charge in [-0.2, -0.15) is 0 Å². The smallest absolute Gasteiger partial charge is 0.255 e. The number of rotatable bonds is 6. The highest BCUT2D eigenvalue weighted by molar-refractivity contribution is 6.06. The molecular formula is C24H28N2O5.